The van der Waals surface area contributed by atoms with Crippen molar-refractivity contribution in [3.05, 3.63) is 35.4 Å². The molecule has 1 aliphatic heterocycles. The first-order chi connectivity index (χ1) is 8.19. The summed E-state index contributed by atoms with van der Waals surface area (Å²) in [6.07, 6.45) is 1.77. The first kappa shape index (κ1) is 14.7. The van der Waals surface area contributed by atoms with Crippen LogP contribution in [0, 0.1) is 5.92 Å². The lowest BCUT2D eigenvalue weighted by atomic mass is 9.91. The van der Waals surface area contributed by atoms with Crippen molar-refractivity contribution in [2.24, 2.45) is 11.7 Å². The lowest BCUT2D eigenvalue weighted by Crippen LogP contribution is -2.41. The molecule has 1 saturated heterocycles. The molecule has 1 unspecified atom stereocenters. The predicted molar refractivity (Wildman–Crippen MR) is 71.2 cm³/mol. The number of nitrogens with two attached hydrogens (primary N) is 1. The van der Waals surface area contributed by atoms with Crippen molar-refractivity contribution in [2.75, 3.05) is 0 Å². The first-order valence-electron chi connectivity index (χ1n) is 5.80. The van der Waals surface area contributed by atoms with Gasteiger partial charge in [0, 0.05) is 18.9 Å². The normalized spacial score (nSPS) is 19.1. The Morgan fingerprint density at radius 3 is 2.33 bits per heavy atom. The Morgan fingerprint density at radius 2 is 1.78 bits per heavy atom. The quantitative estimate of drug-likeness (QED) is 0.808. The minimum Gasteiger partial charge on any atom is -0.326 e. The molecule has 0 radical (unpaired) electrons. The number of hydrogen-bond donors (Lipinski definition) is 2. The van der Waals surface area contributed by atoms with E-state index in [0.29, 0.717) is 25.8 Å². The highest BCUT2D eigenvalue weighted by Crippen LogP contribution is 2.18. The Morgan fingerprint density at radius 1 is 1.17 bits per heavy atom. The molecule has 0 aliphatic carbocycles. The van der Waals surface area contributed by atoms with Crippen LogP contribution in [0.4, 0.5) is 0 Å². The van der Waals surface area contributed by atoms with E-state index >= 15 is 0 Å². The molecule has 1 aromatic rings. The predicted octanol–water partition coefficient (Wildman–Crippen LogP) is 1.16. The molecule has 4 nitrogen and oxygen atoms in total. The van der Waals surface area contributed by atoms with E-state index in [9.17, 15) is 9.59 Å². The molecule has 0 aromatic heterocycles. The zero-order valence-electron chi connectivity index (χ0n) is 10.0. The second-order valence-corrected chi connectivity index (χ2v) is 4.37. The van der Waals surface area contributed by atoms with Crippen LogP contribution >= 0.6 is 12.4 Å². The van der Waals surface area contributed by atoms with E-state index in [1.54, 1.807) is 0 Å². The van der Waals surface area contributed by atoms with Crippen molar-refractivity contribution in [1.29, 1.82) is 0 Å². The van der Waals surface area contributed by atoms with Crippen molar-refractivity contribution in [1.82, 2.24) is 5.32 Å². The van der Waals surface area contributed by atoms with E-state index in [2.05, 4.69) is 5.32 Å². The van der Waals surface area contributed by atoms with Gasteiger partial charge in [-0.2, -0.15) is 0 Å². The van der Waals surface area contributed by atoms with Crippen molar-refractivity contribution in [3.8, 4) is 0 Å². The highest BCUT2D eigenvalue weighted by Gasteiger charge is 2.26. The van der Waals surface area contributed by atoms with E-state index in [1.165, 1.54) is 0 Å². The third kappa shape index (κ3) is 3.55. The van der Waals surface area contributed by atoms with Crippen LogP contribution in [0.25, 0.3) is 0 Å². The molecule has 1 aromatic carbocycles. The summed E-state index contributed by atoms with van der Waals surface area (Å²) in [5.41, 5.74) is 7.71. The Kier molecular flexibility index (Phi) is 5.31. The van der Waals surface area contributed by atoms with E-state index in [0.717, 1.165) is 11.1 Å². The molecule has 1 heterocycles. The molecular formula is C13H17ClN2O2. The van der Waals surface area contributed by atoms with Gasteiger partial charge in [-0.05, 0) is 24.0 Å². The van der Waals surface area contributed by atoms with Gasteiger partial charge in [0.15, 0.2) is 0 Å². The fourth-order valence-corrected chi connectivity index (χ4v) is 2.03. The number of imide groups is 1. The summed E-state index contributed by atoms with van der Waals surface area (Å²) in [4.78, 5) is 22.6. The van der Waals surface area contributed by atoms with Gasteiger partial charge < -0.3 is 5.73 Å². The molecule has 0 spiro atoms. The average Bonchev–Trinajstić information content (AvgIpc) is 2.34. The molecule has 1 aliphatic rings. The van der Waals surface area contributed by atoms with Crippen LogP contribution in [0.2, 0.25) is 0 Å². The highest BCUT2D eigenvalue weighted by molar-refractivity contribution is 5.98. The second kappa shape index (κ2) is 6.52. The number of piperidine rings is 1. The monoisotopic (exact) mass is 268 g/mol. The first-order valence-corrected chi connectivity index (χ1v) is 5.80. The van der Waals surface area contributed by atoms with Crippen molar-refractivity contribution < 1.29 is 9.59 Å². The number of amides is 2. The van der Waals surface area contributed by atoms with Gasteiger partial charge in [-0.15, -0.1) is 12.4 Å². The van der Waals surface area contributed by atoms with Gasteiger partial charge in [-0.3, -0.25) is 14.9 Å². The fraction of sp³-hybridized carbons (Fsp3) is 0.385. The maximum Gasteiger partial charge on any atom is 0.230 e. The van der Waals surface area contributed by atoms with Crippen molar-refractivity contribution in [2.45, 2.75) is 25.8 Å². The number of benzene rings is 1. The van der Waals surface area contributed by atoms with E-state index < -0.39 is 0 Å². The van der Waals surface area contributed by atoms with Crippen LogP contribution in [-0.4, -0.2) is 11.8 Å². The van der Waals surface area contributed by atoms with Gasteiger partial charge in [0.2, 0.25) is 11.8 Å². The molecule has 0 saturated carbocycles. The molecule has 2 rings (SSSR count). The molecule has 98 valence electrons. The van der Waals surface area contributed by atoms with Gasteiger partial charge >= 0.3 is 0 Å². The van der Waals surface area contributed by atoms with Crippen LogP contribution in [0.3, 0.4) is 0 Å². The van der Waals surface area contributed by atoms with Gasteiger partial charge in [-0.1, -0.05) is 24.3 Å². The maximum absolute atomic E-state index is 11.6. The molecule has 1 fully saturated rings. The van der Waals surface area contributed by atoms with Crippen LogP contribution in [-0.2, 0) is 22.6 Å². The largest absolute Gasteiger partial charge is 0.326 e. The highest BCUT2D eigenvalue weighted by atomic mass is 35.5. The summed E-state index contributed by atoms with van der Waals surface area (Å²) in [5.74, 6) is -0.398. The van der Waals surface area contributed by atoms with Gasteiger partial charge in [0.1, 0.15) is 0 Å². The summed E-state index contributed by atoms with van der Waals surface area (Å²) in [5, 5.41) is 2.37. The number of hydrogen-bond acceptors (Lipinski definition) is 3. The third-order valence-corrected chi connectivity index (χ3v) is 3.09. The number of carbonyl (C=O) groups excluding carboxylic acids is 2. The summed E-state index contributed by atoms with van der Waals surface area (Å²) in [6.45, 7) is 0.526. The summed E-state index contributed by atoms with van der Waals surface area (Å²) in [6, 6.07) is 7.93. The topological polar surface area (TPSA) is 72.2 Å². The molecular weight excluding hydrogens is 252 g/mol. The number of nitrogens with one attached hydrogen (secondary N) is 1. The Bertz CT molecular complexity index is 431. The van der Waals surface area contributed by atoms with Crippen LogP contribution in [0.15, 0.2) is 24.3 Å². The van der Waals surface area contributed by atoms with Crippen LogP contribution in [0.5, 0.6) is 0 Å². The fourth-order valence-electron chi connectivity index (χ4n) is 2.03. The van der Waals surface area contributed by atoms with Crippen LogP contribution in [0.1, 0.15) is 24.0 Å². The molecule has 1 atom stereocenters. The number of carbonyl (C=O) groups is 2. The lowest BCUT2D eigenvalue weighted by molar-refractivity contribution is -0.136. The average molecular weight is 269 g/mol. The van der Waals surface area contributed by atoms with Gasteiger partial charge in [-0.25, -0.2) is 0 Å². The van der Waals surface area contributed by atoms with Gasteiger partial charge in [0.25, 0.3) is 0 Å². The van der Waals surface area contributed by atoms with Crippen molar-refractivity contribution in [3.63, 3.8) is 0 Å². The van der Waals surface area contributed by atoms with Crippen molar-refractivity contribution >= 4 is 24.2 Å². The SMILES string of the molecule is Cl.NCc1ccc(CC2CCC(=O)NC2=O)cc1. The minimum atomic E-state index is -0.162. The second-order valence-electron chi connectivity index (χ2n) is 4.37. The Labute approximate surface area is 112 Å². The molecule has 5 heteroatoms. The smallest absolute Gasteiger partial charge is 0.230 e. The summed E-state index contributed by atoms with van der Waals surface area (Å²) >= 11 is 0. The molecule has 2 amide bonds. The zero-order chi connectivity index (χ0) is 12.3. The zero-order valence-corrected chi connectivity index (χ0v) is 10.8. The van der Waals surface area contributed by atoms with E-state index in [1.807, 2.05) is 24.3 Å². The minimum absolute atomic E-state index is 0. The third-order valence-electron chi connectivity index (χ3n) is 3.09. The van der Waals surface area contributed by atoms with E-state index in [4.69, 9.17) is 5.73 Å². The van der Waals surface area contributed by atoms with Crippen LogP contribution < -0.4 is 11.1 Å². The molecule has 3 N–H and O–H groups in total. The molecule has 0 bridgehead atoms. The Balaban J connectivity index is 0.00000162. The lowest BCUT2D eigenvalue weighted by Gasteiger charge is -2.20. The Hall–Kier alpha value is -1.39. The maximum atomic E-state index is 11.6. The summed E-state index contributed by atoms with van der Waals surface area (Å²) < 4.78 is 0. The number of rotatable bonds is 3. The number of halogens is 1. The van der Waals surface area contributed by atoms with E-state index in [-0.39, 0.29) is 30.1 Å². The standard InChI is InChI=1S/C13H16N2O2.ClH/c14-8-10-3-1-9(2-4-10)7-11-5-6-12(16)15-13(11)17;/h1-4,11H,5-8,14H2,(H,15,16,17);1H. The van der Waals surface area contributed by atoms with Gasteiger partial charge in [0.05, 0.1) is 0 Å². The summed E-state index contributed by atoms with van der Waals surface area (Å²) in [7, 11) is 0. The molecule has 18 heavy (non-hydrogen) atoms.